The second-order valence-corrected chi connectivity index (χ2v) is 17.6. The van der Waals surface area contributed by atoms with Crippen molar-refractivity contribution in [1.82, 2.24) is 4.57 Å². The normalized spacial score (nSPS) is 11.5. The van der Waals surface area contributed by atoms with Gasteiger partial charge in [0.15, 0.2) is 0 Å². The molecule has 68 heavy (non-hydrogen) atoms. The molecule has 2 nitrogen and oxygen atoms in total. The van der Waals surface area contributed by atoms with Crippen molar-refractivity contribution in [3.05, 3.63) is 267 Å². The Hall–Kier alpha value is -8.98. The lowest BCUT2D eigenvalue weighted by atomic mass is 9.84. The van der Waals surface area contributed by atoms with Gasteiger partial charge in [-0.2, -0.15) is 0 Å². The van der Waals surface area contributed by atoms with Crippen LogP contribution in [0.4, 0.5) is 17.1 Å². The maximum absolute atomic E-state index is 2.42. The number of hydrogen-bond donors (Lipinski definition) is 0. The number of para-hydroxylation sites is 1. The summed E-state index contributed by atoms with van der Waals surface area (Å²) in [7, 11) is 0. The van der Waals surface area contributed by atoms with Crippen molar-refractivity contribution in [3.63, 3.8) is 0 Å². The second kappa shape index (κ2) is 16.5. The predicted octanol–water partition coefficient (Wildman–Crippen LogP) is 18.4. The summed E-state index contributed by atoms with van der Waals surface area (Å²) in [5, 5.41) is 9.86. The van der Waals surface area contributed by atoms with E-state index in [2.05, 4.69) is 276 Å². The highest BCUT2D eigenvalue weighted by Gasteiger charge is 2.22. The number of hydrogen-bond acceptors (Lipinski definition) is 1. The Labute approximate surface area is 395 Å². The molecule has 318 valence electrons. The average Bonchev–Trinajstić information content (AvgIpc) is 3.74. The molecule has 0 aliphatic rings. The topological polar surface area (TPSA) is 8.17 Å². The zero-order chi connectivity index (χ0) is 45.0. The Kier molecular flexibility index (Phi) is 9.54. The molecule has 0 fully saturated rings. The molecular weight excluding hydrogens is 821 g/mol. The van der Waals surface area contributed by atoms with Gasteiger partial charge in [0.25, 0.3) is 0 Å². The first kappa shape index (κ1) is 39.4. The summed E-state index contributed by atoms with van der Waals surface area (Å²) in [6, 6.07) is 97.4. The third-order valence-electron chi connectivity index (χ3n) is 13.8. The van der Waals surface area contributed by atoms with Crippen molar-refractivity contribution in [1.29, 1.82) is 0 Å². The lowest BCUT2D eigenvalue weighted by molar-refractivity contribution is 1.17. The minimum atomic E-state index is 1.08. The van der Waals surface area contributed by atoms with Gasteiger partial charge < -0.3 is 9.47 Å². The molecule has 0 aliphatic carbocycles. The van der Waals surface area contributed by atoms with Gasteiger partial charge in [-0.25, -0.2) is 0 Å². The Morgan fingerprint density at radius 1 is 0.250 bits per heavy atom. The largest absolute Gasteiger partial charge is 0.310 e. The van der Waals surface area contributed by atoms with Crippen molar-refractivity contribution in [2.75, 3.05) is 4.90 Å². The number of fused-ring (bicyclic) bond motifs is 6. The monoisotopic (exact) mass is 864 g/mol. The molecule has 2 heteroatoms. The van der Waals surface area contributed by atoms with Gasteiger partial charge in [-0.15, -0.1) is 0 Å². The SMILES string of the molecule is c1ccc(-c2ccc3c(c2)c2cc(-c4ccccc4)ccc2n3-c2ccc(N(c3ccccc3)c3cccc4c(-c5c6ccccc6c(-c6ccccc6)c6ccccc56)cccc34)cc2)cc1. The van der Waals surface area contributed by atoms with Crippen molar-refractivity contribution in [2.24, 2.45) is 0 Å². The number of anilines is 3. The molecule has 0 spiro atoms. The van der Waals surface area contributed by atoms with Gasteiger partial charge in [0.2, 0.25) is 0 Å². The number of nitrogens with zero attached hydrogens (tertiary/aromatic N) is 2. The van der Waals surface area contributed by atoms with E-state index in [9.17, 15) is 0 Å². The zero-order valence-corrected chi connectivity index (χ0v) is 37.3. The van der Waals surface area contributed by atoms with Gasteiger partial charge in [-0.05, 0) is 138 Å². The van der Waals surface area contributed by atoms with Crippen molar-refractivity contribution >= 4 is 71.2 Å². The van der Waals surface area contributed by atoms with Crippen molar-refractivity contribution in [2.45, 2.75) is 0 Å². The average molecular weight is 865 g/mol. The molecule has 0 aliphatic heterocycles. The molecule has 0 unspecified atom stereocenters. The van der Waals surface area contributed by atoms with E-state index in [1.807, 2.05) is 0 Å². The first-order valence-corrected chi connectivity index (χ1v) is 23.4. The summed E-state index contributed by atoms with van der Waals surface area (Å²) in [6.07, 6.45) is 0. The Morgan fingerprint density at radius 2 is 0.676 bits per heavy atom. The van der Waals surface area contributed by atoms with E-state index in [-0.39, 0.29) is 0 Å². The van der Waals surface area contributed by atoms with Crippen LogP contribution in [0.2, 0.25) is 0 Å². The minimum absolute atomic E-state index is 1.08. The van der Waals surface area contributed by atoms with E-state index in [4.69, 9.17) is 0 Å². The fraction of sp³-hybridized carbons (Fsp3) is 0. The molecule has 0 bridgehead atoms. The number of rotatable bonds is 8. The Morgan fingerprint density at radius 3 is 1.22 bits per heavy atom. The smallest absolute Gasteiger partial charge is 0.0541 e. The van der Waals surface area contributed by atoms with Crippen LogP contribution in [-0.4, -0.2) is 4.57 Å². The fourth-order valence-electron chi connectivity index (χ4n) is 10.7. The Balaban J connectivity index is 0.974. The first-order valence-electron chi connectivity index (χ1n) is 23.4. The number of aromatic nitrogens is 1. The van der Waals surface area contributed by atoms with E-state index in [0.29, 0.717) is 0 Å². The molecule has 12 aromatic carbocycles. The second-order valence-electron chi connectivity index (χ2n) is 17.6. The Bertz CT molecular complexity index is 3830. The third kappa shape index (κ3) is 6.57. The molecule has 0 saturated heterocycles. The maximum atomic E-state index is 2.42. The van der Waals surface area contributed by atoms with Crippen LogP contribution in [0.3, 0.4) is 0 Å². The van der Waals surface area contributed by atoms with Gasteiger partial charge in [0, 0.05) is 33.2 Å². The van der Waals surface area contributed by atoms with Gasteiger partial charge >= 0.3 is 0 Å². The van der Waals surface area contributed by atoms with Gasteiger partial charge in [0.1, 0.15) is 0 Å². The van der Waals surface area contributed by atoms with Crippen molar-refractivity contribution in [3.8, 4) is 50.2 Å². The summed E-state index contributed by atoms with van der Waals surface area (Å²) >= 11 is 0. The molecule has 0 saturated carbocycles. The summed E-state index contributed by atoms with van der Waals surface area (Å²) in [6.45, 7) is 0. The standard InChI is InChI=1S/C66H44N2/c1-5-19-45(20-6-1)48-35-41-63-60(43-48)61-44-49(46-21-7-2-8-22-46)36-42-64(61)68(63)52-39-37-51(38-40-52)67(50-25-11-4-12-26-50)62-34-18-31-53-54(62)32-17-33-55(53)66-58-29-15-13-27-56(58)65(47-23-9-3-10-24-47)57-28-14-16-30-59(57)66/h1-44H. The van der Waals surface area contributed by atoms with Crippen LogP contribution in [0, 0.1) is 0 Å². The molecule has 0 N–H and O–H groups in total. The molecule has 0 radical (unpaired) electrons. The van der Waals surface area contributed by atoms with E-state index in [0.717, 1.165) is 22.7 Å². The molecule has 1 aromatic heterocycles. The number of benzene rings is 12. The molecule has 0 amide bonds. The van der Waals surface area contributed by atoms with Crippen LogP contribution in [0.15, 0.2) is 267 Å². The van der Waals surface area contributed by atoms with E-state index >= 15 is 0 Å². The van der Waals surface area contributed by atoms with E-state index in [1.165, 1.54) is 98.6 Å². The van der Waals surface area contributed by atoms with Gasteiger partial charge in [0.05, 0.1) is 16.7 Å². The van der Waals surface area contributed by atoms with Crippen molar-refractivity contribution < 1.29 is 0 Å². The fourth-order valence-corrected chi connectivity index (χ4v) is 10.7. The van der Waals surface area contributed by atoms with Crippen LogP contribution < -0.4 is 4.90 Å². The highest BCUT2D eigenvalue weighted by Crippen LogP contribution is 2.48. The van der Waals surface area contributed by atoms with E-state index < -0.39 is 0 Å². The van der Waals surface area contributed by atoms with Crippen LogP contribution in [0.1, 0.15) is 0 Å². The summed E-state index contributed by atoms with van der Waals surface area (Å²) < 4.78 is 2.42. The molecule has 13 aromatic rings. The molecule has 13 rings (SSSR count). The maximum Gasteiger partial charge on any atom is 0.0541 e. The quantitative estimate of drug-likeness (QED) is 0.138. The van der Waals surface area contributed by atoms with Gasteiger partial charge in [-0.1, -0.05) is 200 Å². The minimum Gasteiger partial charge on any atom is -0.310 e. The molecular formula is C66H44N2. The van der Waals surface area contributed by atoms with Crippen LogP contribution in [0.25, 0.3) is 104 Å². The summed E-state index contributed by atoms with van der Waals surface area (Å²) in [5.41, 5.74) is 16.6. The molecule has 0 atom stereocenters. The van der Waals surface area contributed by atoms with Gasteiger partial charge in [-0.3, -0.25) is 0 Å². The highest BCUT2D eigenvalue weighted by molar-refractivity contribution is 6.24. The van der Waals surface area contributed by atoms with Crippen LogP contribution in [-0.2, 0) is 0 Å². The lowest BCUT2D eigenvalue weighted by Gasteiger charge is -2.27. The summed E-state index contributed by atoms with van der Waals surface area (Å²) in [5.74, 6) is 0. The zero-order valence-electron chi connectivity index (χ0n) is 37.3. The predicted molar refractivity (Wildman–Crippen MR) is 290 cm³/mol. The van der Waals surface area contributed by atoms with E-state index in [1.54, 1.807) is 0 Å². The molecule has 1 heterocycles. The highest BCUT2D eigenvalue weighted by atomic mass is 15.1. The van der Waals surface area contributed by atoms with Crippen LogP contribution >= 0.6 is 0 Å². The van der Waals surface area contributed by atoms with Crippen LogP contribution in [0.5, 0.6) is 0 Å². The lowest BCUT2D eigenvalue weighted by Crippen LogP contribution is -2.10. The third-order valence-corrected chi connectivity index (χ3v) is 13.8. The summed E-state index contributed by atoms with van der Waals surface area (Å²) in [4.78, 5) is 2.41. The first-order chi connectivity index (χ1) is 33.8.